The number of rotatable bonds is 3. The highest BCUT2D eigenvalue weighted by molar-refractivity contribution is 5.42. The van der Waals surface area contributed by atoms with E-state index in [2.05, 4.69) is 37.1 Å². The number of nitrogens with zero attached hydrogens (tertiary/aromatic N) is 2. The summed E-state index contributed by atoms with van der Waals surface area (Å²) in [4.78, 5) is 4.35. The van der Waals surface area contributed by atoms with Crippen molar-refractivity contribution in [2.75, 3.05) is 18.5 Å². The highest BCUT2D eigenvalue weighted by atomic mass is 16.5. The Labute approximate surface area is 127 Å². The predicted molar refractivity (Wildman–Crippen MR) is 84.1 cm³/mol. The molecule has 2 unspecified atom stereocenters. The molecule has 0 spiro atoms. The molecule has 4 heteroatoms. The van der Waals surface area contributed by atoms with Crippen molar-refractivity contribution in [1.29, 1.82) is 5.26 Å². The van der Waals surface area contributed by atoms with Crippen LogP contribution in [0.25, 0.3) is 0 Å². The van der Waals surface area contributed by atoms with Gasteiger partial charge >= 0.3 is 0 Å². The van der Waals surface area contributed by atoms with Gasteiger partial charge in [-0.2, -0.15) is 5.26 Å². The number of aryl methyl sites for hydroxylation is 1. The lowest BCUT2D eigenvalue weighted by Gasteiger charge is -2.40. The van der Waals surface area contributed by atoms with E-state index in [9.17, 15) is 0 Å². The summed E-state index contributed by atoms with van der Waals surface area (Å²) in [6, 6.07) is 6.00. The summed E-state index contributed by atoms with van der Waals surface area (Å²) in [5, 5.41) is 12.4. The minimum atomic E-state index is 0.144. The maximum absolute atomic E-state index is 9.05. The zero-order valence-electron chi connectivity index (χ0n) is 13.4. The van der Waals surface area contributed by atoms with Crippen LogP contribution in [-0.4, -0.2) is 24.2 Å². The second kappa shape index (κ2) is 6.44. The van der Waals surface area contributed by atoms with Gasteiger partial charge in [-0.3, -0.25) is 0 Å². The van der Waals surface area contributed by atoms with Gasteiger partial charge in [0.25, 0.3) is 0 Å². The first-order valence-corrected chi connectivity index (χ1v) is 7.65. The number of nitrogens with one attached hydrogen (secondary N) is 1. The van der Waals surface area contributed by atoms with Gasteiger partial charge in [-0.25, -0.2) is 4.98 Å². The van der Waals surface area contributed by atoms with Crippen LogP contribution in [-0.2, 0) is 4.74 Å². The highest BCUT2D eigenvalue weighted by Crippen LogP contribution is 2.34. The van der Waals surface area contributed by atoms with Crippen LogP contribution in [0.4, 0.5) is 5.82 Å². The summed E-state index contributed by atoms with van der Waals surface area (Å²) < 4.78 is 5.99. The van der Waals surface area contributed by atoms with Gasteiger partial charge in [0.2, 0.25) is 0 Å². The number of ether oxygens (including phenoxy) is 1. The van der Waals surface area contributed by atoms with Crippen molar-refractivity contribution >= 4 is 5.82 Å². The summed E-state index contributed by atoms with van der Waals surface area (Å²) in [6.45, 7) is 10.3. The molecule has 4 nitrogen and oxygen atoms in total. The third-order valence-electron chi connectivity index (χ3n) is 4.05. The first-order valence-electron chi connectivity index (χ1n) is 7.65. The summed E-state index contributed by atoms with van der Waals surface area (Å²) in [7, 11) is 0. The van der Waals surface area contributed by atoms with Crippen LogP contribution in [0.15, 0.2) is 12.1 Å². The molecule has 2 rings (SSSR count). The van der Waals surface area contributed by atoms with E-state index in [1.54, 1.807) is 0 Å². The molecule has 1 aliphatic heterocycles. The Morgan fingerprint density at radius 2 is 2.19 bits per heavy atom. The molecular formula is C17H25N3O. The first-order chi connectivity index (χ1) is 9.91. The fraction of sp³-hybridized carbons (Fsp3) is 0.647. The average molecular weight is 287 g/mol. The van der Waals surface area contributed by atoms with Crippen molar-refractivity contribution in [2.45, 2.75) is 46.6 Å². The van der Waals surface area contributed by atoms with Crippen molar-refractivity contribution in [2.24, 2.45) is 11.3 Å². The lowest BCUT2D eigenvalue weighted by molar-refractivity contribution is -0.0814. The Morgan fingerprint density at radius 3 is 2.86 bits per heavy atom. The van der Waals surface area contributed by atoms with E-state index < -0.39 is 0 Å². The molecule has 1 saturated heterocycles. The molecule has 0 saturated carbocycles. The van der Waals surface area contributed by atoms with Crippen LogP contribution >= 0.6 is 0 Å². The van der Waals surface area contributed by atoms with E-state index >= 15 is 0 Å². The number of hydrogen-bond acceptors (Lipinski definition) is 4. The molecule has 2 atom stereocenters. The number of hydrogen-bond donors (Lipinski definition) is 1. The van der Waals surface area contributed by atoms with Crippen LogP contribution in [0.3, 0.4) is 0 Å². The highest BCUT2D eigenvalue weighted by Gasteiger charge is 2.35. The van der Waals surface area contributed by atoms with Gasteiger partial charge in [-0.05, 0) is 36.8 Å². The predicted octanol–water partition coefficient (Wildman–Crippen LogP) is 3.51. The molecule has 0 amide bonds. The summed E-state index contributed by atoms with van der Waals surface area (Å²) in [5.41, 5.74) is 1.55. The van der Waals surface area contributed by atoms with Crippen LogP contribution in [0.1, 0.15) is 44.9 Å². The van der Waals surface area contributed by atoms with Gasteiger partial charge in [0.05, 0.1) is 6.10 Å². The van der Waals surface area contributed by atoms with Crippen LogP contribution < -0.4 is 5.32 Å². The van der Waals surface area contributed by atoms with Crippen LogP contribution in [0.2, 0.25) is 0 Å². The lowest BCUT2D eigenvalue weighted by atomic mass is 9.78. The third kappa shape index (κ3) is 3.95. The Bertz CT molecular complexity index is 528. The Morgan fingerprint density at radius 1 is 1.43 bits per heavy atom. The van der Waals surface area contributed by atoms with Crippen molar-refractivity contribution in [3.63, 3.8) is 0 Å². The van der Waals surface area contributed by atoms with E-state index in [0.717, 1.165) is 31.0 Å². The van der Waals surface area contributed by atoms with Gasteiger partial charge in [0, 0.05) is 19.1 Å². The summed E-state index contributed by atoms with van der Waals surface area (Å²) in [5.74, 6) is 1.25. The van der Waals surface area contributed by atoms with E-state index in [4.69, 9.17) is 10.00 Å². The monoisotopic (exact) mass is 287 g/mol. The molecule has 1 aliphatic rings. The smallest absolute Gasteiger partial charge is 0.145 e. The standard InChI is InChI=1S/C17H25N3O/c1-12-7-8-15(20-14(12)10-18)19-11-13-6-5-9-21-16(13)17(2,3)4/h7-8,13,16H,5-6,9,11H2,1-4H3,(H,19,20). The normalized spacial score (nSPS) is 22.6. The van der Waals surface area contributed by atoms with Crippen molar-refractivity contribution in [3.05, 3.63) is 23.4 Å². The maximum atomic E-state index is 9.05. The molecular weight excluding hydrogens is 262 g/mol. The molecule has 1 fully saturated rings. The number of nitriles is 1. The largest absolute Gasteiger partial charge is 0.377 e. The summed E-state index contributed by atoms with van der Waals surface area (Å²) in [6.07, 6.45) is 2.55. The summed E-state index contributed by atoms with van der Waals surface area (Å²) >= 11 is 0. The van der Waals surface area contributed by atoms with Crippen molar-refractivity contribution in [3.8, 4) is 6.07 Å². The second-order valence-corrected chi connectivity index (χ2v) is 6.91. The van der Waals surface area contributed by atoms with Crippen molar-refractivity contribution in [1.82, 2.24) is 4.98 Å². The van der Waals surface area contributed by atoms with E-state index in [1.165, 1.54) is 6.42 Å². The third-order valence-corrected chi connectivity index (χ3v) is 4.05. The van der Waals surface area contributed by atoms with Crippen LogP contribution in [0.5, 0.6) is 0 Å². The molecule has 1 aromatic rings. The fourth-order valence-electron chi connectivity index (χ4n) is 2.99. The quantitative estimate of drug-likeness (QED) is 0.924. The molecule has 0 aromatic carbocycles. The van der Waals surface area contributed by atoms with E-state index in [-0.39, 0.29) is 11.5 Å². The number of aromatic nitrogens is 1. The van der Waals surface area contributed by atoms with Gasteiger partial charge in [-0.15, -0.1) is 0 Å². The SMILES string of the molecule is Cc1ccc(NCC2CCCOC2C(C)(C)C)nc1C#N. The molecule has 2 heterocycles. The lowest BCUT2D eigenvalue weighted by Crippen LogP contribution is -2.42. The first kappa shape index (κ1) is 15.8. The minimum Gasteiger partial charge on any atom is -0.377 e. The number of pyridine rings is 1. The van der Waals surface area contributed by atoms with Crippen molar-refractivity contribution < 1.29 is 4.74 Å². The van der Waals surface area contributed by atoms with Crippen LogP contribution in [0, 0.1) is 29.6 Å². The molecule has 0 radical (unpaired) electrons. The second-order valence-electron chi connectivity index (χ2n) is 6.91. The van der Waals surface area contributed by atoms with Gasteiger partial charge in [0.15, 0.2) is 0 Å². The van der Waals surface area contributed by atoms with Gasteiger partial charge in [-0.1, -0.05) is 26.8 Å². The zero-order chi connectivity index (χ0) is 15.5. The molecule has 114 valence electrons. The topological polar surface area (TPSA) is 57.9 Å². The number of anilines is 1. The Kier molecular flexibility index (Phi) is 4.84. The van der Waals surface area contributed by atoms with E-state index in [1.807, 2.05) is 19.1 Å². The molecule has 0 bridgehead atoms. The van der Waals surface area contributed by atoms with E-state index in [0.29, 0.717) is 11.6 Å². The Balaban J connectivity index is 2.03. The molecule has 0 aliphatic carbocycles. The Hall–Kier alpha value is -1.60. The maximum Gasteiger partial charge on any atom is 0.145 e. The molecule has 1 aromatic heterocycles. The zero-order valence-corrected chi connectivity index (χ0v) is 13.4. The van der Waals surface area contributed by atoms with Gasteiger partial charge < -0.3 is 10.1 Å². The minimum absolute atomic E-state index is 0.144. The molecule has 21 heavy (non-hydrogen) atoms. The fourth-order valence-corrected chi connectivity index (χ4v) is 2.99. The molecule has 1 N–H and O–H groups in total. The van der Waals surface area contributed by atoms with Gasteiger partial charge in [0.1, 0.15) is 17.6 Å². The average Bonchev–Trinajstić information content (AvgIpc) is 2.45.